The molecule has 0 radical (unpaired) electrons. The van der Waals surface area contributed by atoms with E-state index in [9.17, 15) is 14.9 Å². The lowest BCUT2D eigenvalue weighted by Crippen LogP contribution is -2.42. The van der Waals surface area contributed by atoms with Gasteiger partial charge < -0.3 is 0 Å². The van der Waals surface area contributed by atoms with E-state index in [0.717, 1.165) is 12.0 Å². The molecule has 4 rings (SSSR count). The van der Waals surface area contributed by atoms with E-state index in [4.69, 9.17) is 34.8 Å². The predicted octanol–water partition coefficient (Wildman–Crippen LogP) is 6.16. The van der Waals surface area contributed by atoms with Crippen LogP contribution in [-0.4, -0.2) is 21.6 Å². The number of nitrogens with zero attached hydrogens (tertiary/aromatic N) is 3. The molecule has 0 bridgehead atoms. The quantitative estimate of drug-likeness (QED) is 0.268. The molecule has 0 spiro atoms. The van der Waals surface area contributed by atoms with Gasteiger partial charge in [0.05, 0.1) is 16.4 Å². The maximum absolute atomic E-state index is 13.0. The molecule has 3 aromatic carbocycles. The van der Waals surface area contributed by atoms with Crippen LogP contribution in [0.3, 0.4) is 0 Å². The van der Waals surface area contributed by atoms with Crippen LogP contribution < -0.4 is 10.9 Å². The molecular weight excluding hydrogens is 533 g/mol. The molecule has 186 valence electrons. The van der Waals surface area contributed by atoms with Crippen molar-refractivity contribution in [3.8, 4) is 23.0 Å². The van der Waals surface area contributed by atoms with Crippen LogP contribution in [0.1, 0.15) is 34.5 Å². The Labute approximate surface area is 228 Å². The average molecular weight is 553 g/mol. The molecule has 0 fully saturated rings. The zero-order chi connectivity index (χ0) is 26.4. The molecule has 0 saturated carbocycles. The fraction of sp³-hybridized carbons (Fsp3) is 0.111. The summed E-state index contributed by atoms with van der Waals surface area (Å²) >= 11 is 18.5. The van der Waals surface area contributed by atoms with Gasteiger partial charge in [0.15, 0.2) is 5.69 Å². The standard InChI is InChI=1S/C27H20Cl3N5O2/c28-19-11-9-18(10-12-19)26-21(16-31)25(34-35(26)23-14-13-20(29)15-22(23)30)27(37)33-32-24(36)8-4-7-17-5-2-1-3-6-17/h1-3,5-6,9-15H,4,7-8H2,(H,32,36)(H,33,37). The first kappa shape index (κ1) is 26.2. The summed E-state index contributed by atoms with van der Waals surface area (Å²) < 4.78 is 1.40. The number of nitriles is 1. The number of carbonyl (C=O) groups is 2. The maximum Gasteiger partial charge on any atom is 0.291 e. The molecule has 37 heavy (non-hydrogen) atoms. The van der Waals surface area contributed by atoms with Crippen LogP contribution >= 0.6 is 34.8 Å². The highest BCUT2D eigenvalue weighted by molar-refractivity contribution is 6.35. The lowest BCUT2D eigenvalue weighted by Gasteiger charge is -2.10. The van der Waals surface area contributed by atoms with E-state index in [-0.39, 0.29) is 28.6 Å². The summed E-state index contributed by atoms with van der Waals surface area (Å²) in [6.45, 7) is 0. The van der Waals surface area contributed by atoms with Crippen molar-refractivity contribution in [1.82, 2.24) is 20.6 Å². The topological polar surface area (TPSA) is 99.8 Å². The number of aromatic nitrogens is 2. The molecule has 0 unspecified atom stereocenters. The normalized spacial score (nSPS) is 10.5. The van der Waals surface area contributed by atoms with Crippen molar-refractivity contribution in [2.45, 2.75) is 19.3 Å². The van der Waals surface area contributed by atoms with Gasteiger partial charge in [-0.15, -0.1) is 0 Å². The number of hydrogen-bond acceptors (Lipinski definition) is 4. The number of aryl methyl sites for hydroxylation is 1. The van der Waals surface area contributed by atoms with Crippen molar-refractivity contribution in [2.24, 2.45) is 0 Å². The second-order valence-corrected chi connectivity index (χ2v) is 9.32. The second kappa shape index (κ2) is 11.9. The maximum atomic E-state index is 13.0. The first-order valence-corrected chi connectivity index (χ1v) is 12.4. The molecule has 4 aromatic rings. The first-order chi connectivity index (χ1) is 17.9. The molecule has 0 aliphatic carbocycles. The van der Waals surface area contributed by atoms with Crippen molar-refractivity contribution in [3.63, 3.8) is 0 Å². The van der Waals surface area contributed by atoms with Crippen LogP contribution in [0.25, 0.3) is 16.9 Å². The Morgan fingerprint density at radius 1 is 0.919 bits per heavy atom. The SMILES string of the molecule is N#Cc1c(C(=O)NNC(=O)CCCc2ccccc2)nn(-c2ccc(Cl)cc2Cl)c1-c1ccc(Cl)cc1. The van der Waals surface area contributed by atoms with Gasteiger partial charge in [0.25, 0.3) is 5.91 Å². The Hall–Kier alpha value is -3.83. The largest absolute Gasteiger partial charge is 0.291 e. The number of hydrogen-bond donors (Lipinski definition) is 2. The molecule has 2 N–H and O–H groups in total. The van der Waals surface area contributed by atoms with E-state index in [1.807, 2.05) is 30.3 Å². The van der Waals surface area contributed by atoms with E-state index >= 15 is 0 Å². The Morgan fingerprint density at radius 3 is 2.30 bits per heavy atom. The van der Waals surface area contributed by atoms with E-state index in [0.29, 0.717) is 33.4 Å². The summed E-state index contributed by atoms with van der Waals surface area (Å²) in [5.74, 6) is -1.10. The summed E-state index contributed by atoms with van der Waals surface area (Å²) in [5, 5.41) is 15.6. The van der Waals surface area contributed by atoms with Crippen LogP contribution in [0.2, 0.25) is 15.1 Å². The molecule has 0 aliphatic rings. The highest BCUT2D eigenvalue weighted by atomic mass is 35.5. The van der Waals surface area contributed by atoms with Gasteiger partial charge in [0, 0.05) is 22.0 Å². The van der Waals surface area contributed by atoms with Gasteiger partial charge in [0.2, 0.25) is 5.91 Å². The van der Waals surface area contributed by atoms with E-state index in [2.05, 4.69) is 22.0 Å². The molecule has 1 heterocycles. The highest BCUT2D eigenvalue weighted by Gasteiger charge is 2.26. The lowest BCUT2D eigenvalue weighted by atomic mass is 10.1. The number of halogens is 3. The summed E-state index contributed by atoms with van der Waals surface area (Å²) in [4.78, 5) is 25.3. The Kier molecular flexibility index (Phi) is 8.47. The van der Waals surface area contributed by atoms with E-state index in [1.54, 1.807) is 36.4 Å². The molecule has 7 nitrogen and oxygen atoms in total. The predicted molar refractivity (Wildman–Crippen MR) is 144 cm³/mol. The minimum Gasteiger partial charge on any atom is -0.273 e. The molecule has 0 atom stereocenters. The fourth-order valence-electron chi connectivity index (χ4n) is 3.73. The van der Waals surface area contributed by atoms with Crippen LogP contribution in [-0.2, 0) is 11.2 Å². The average Bonchev–Trinajstić information content (AvgIpc) is 3.28. The summed E-state index contributed by atoms with van der Waals surface area (Å²) in [7, 11) is 0. The zero-order valence-corrected chi connectivity index (χ0v) is 21.6. The number of benzene rings is 3. The number of amides is 2. The van der Waals surface area contributed by atoms with Crippen LogP contribution in [0.15, 0.2) is 72.8 Å². The fourth-order valence-corrected chi connectivity index (χ4v) is 4.35. The van der Waals surface area contributed by atoms with Gasteiger partial charge >= 0.3 is 0 Å². The highest BCUT2D eigenvalue weighted by Crippen LogP contribution is 2.33. The third-order valence-electron chi connectivity index (χ3n) is 5.50. The minimum absolute atomic E-state index is 0.00386. The van der Waals surface area contributed by atoms with Gasteiger partial charge in [-0.05, 0) is 48.7 Å². The number of rotatable bonds is 7. The first-order valence-electron chi connectivity index (χ1n) is 11.2. The van der Waals surface area contributed by atoms with Crippen LogP contribution in [0, 0.1) is 11.3 Å². The number of carbonyl (C=O) groups excluding carboxylic acids is 2. The van der Waals surface area contributed by atoms with E-state index < -0.39 is 5.91 Å². The molecule has 1 aromatic heterocycles. The number of nitrogens with one attached hydrogen (secondary N) is 2. The van der Waals surface area contributed by atoms with E-state index in [1.165, 1.54) is 10.7 Å². The van der Waals surface area contributed by atoms with Gasteiger partial charge in [-0.2, -0.15) is 10.4 Å². The Bertz CT molecular complexity index is 1480. The lowest BCUT2D eigenvalue weighted by molar-refractivity contribution is -0.121. The molecule has 2 amide bonds. The van der Waals surface area contributed by atoms with Gasteiger partial charge in [-0.3, -0.25) is 20.4 Å². The minimum atomic E-state index is -0.744. The third-order valence-corrected chi connectivity index (χ3v) is 6.29. The van der Waals surface area contributed by atoms with Gasteiger partial charge in [-0.1, -0.05) is 77.3 Å². The number of hydrazine groups is 1. The van der Waals surface area contributed by atoms with Crippen LogP contribution in [0.4, 0.5) is 0 Å². The monoisotopic (exact) mass is 551 g/mol. The van der Waals surface area contributed by atoms with Crippen molar-refractivity contribution >= 4 is 46.6 Å². The van der Waals surface area contributed by atoms with Crippen molar-refractivity contribution in [3.05, 3.63) is 105 Å². The molecule has 0 saturated heterocycles. The molecular formula is C27H20Cl3N5O2. The van der Waals surface area contributed by atoms with Crippen LogP contribution in [0.5, 0.6) is 0 Å². The molecule has 10 heteroatoms. The smallest absolute Gasteiger partial charge is 0.273 e. The Balaban J connectivity index is 1.58. The summed E-state index contributed by atoms with van der Waals surface area (Å²) in [6.07, 6.45) is 1.56. The Morgan fingerprint density at radius 2 is 1.62 bits per heavy atom. The van der Waals surface area contributed by atoms with Crippen molar-refractivity contribution in [2.75, 3.05) is 0 Å². The second-order valence-electron chi connectivity index (χ2n) is 8.04. The van der Waals surface area contributed by atoms with Crippen molar-refractivity contribution in [1.29, 1.82) is 5.26 Å². The van der Waals surface area contributed by atoms with Gasteiger partial charge in [0.1, 0.15) is 11.6 Å². The van der Waals surface area contributed by atoms with Crippen molar-refractivity contribution < 1.29 is 9.59 Å². The zero-order valence-electron chi connectivity index (χ0n) is 19.3. The van der Waals surface area contributed by atoms with Gasteiger partial charge in [-0.25, -0.2) is 4.68 Å². The molecule has 0 aliphatic heterocycles. The summed E-state index contributed by atoms with van der Waals surface area (Å²) in [6, 6.07) is 23.4. The summed E-state index contributed by atoms with van der Waals surface area (Å²) in [5.41, 5.74) is 7.04. The third kappa shape index (κ3) is 6.30.